The minimum atomic E-state index is 0. The predicted octanol–water partition coefficient (Wildman–Crippen LogP) is 2.15. The third kappa shape index (κ3) is 4.73. The number of benzene rings is 1. The summed E-state index contributed by atoms with van der Waals surface area (Å²) in [5.41, 5.74) is 1.29. The maximum atomic E-state index is 5.96. The maximum Gasteiger partial charge on any atom is 0.193 e. The average molecular weight is 431 g/mol. The first-order valence-corrected chi connectivity index (χ1v) is 8.00. The molecule has 0 aliphatic carbocycles. The number of ether oxygens (including phenoxy) is 2. The lowest BCUT2D eigenvalue weighted by atomic mass is 10.1. The van der Waals surface area contributed by atoms with Gasteiger partial charge in [-0.15, -0.1) is 24.0 Å². The number of halogens is 1. The first kappa shape index (κ1) is 18.3. The summed E-state index contributed by atoms with van der Waals surface area (Å²) >= 11 is 0. The molecule has 3 rings (SSSR count). The van der Waals surface area contributed by atoms with E-state index in [4.69, 9.17) is 9.47 Å². The van der Waals surface area contributed by atoms with Gasteiger partial charge in [-0.25, -0.2) is 0 Å². The third-order valence-electron chi connectivity index (χ3n) is 4.33. The zero-order valence-corrected chi connectivity index (χ0v) is 16.2. The number of hydrogen-bond acceptors (Lipinski definition) is 3. The predicted molar refractivity (Wildman–Crippen MR) is 103 cm³/mol. The number of nitrogens with one attached hydrogen (secondary N) is 1. The van der Waals surface area contributed by atoms with E-state index in [1.807, 2.05) is 19.2 Å². The third-order valence-corrected chi connectivity index (χ3v) is 4.33. The zero-order valence-electron chi connectivity index (χ0n) is 13.8. The van der Waals surface area contributed by atoms with E-state index >= 15 is 0 Å². The molecular weight excluding hydrogens is 405 g/mol. The van der Waals surface area contributed by atoms with Gasteiger partial charge in [0.1, 0.15) is 11.9 Å². The summed E-state index contributed by atoms with van der Waals surface area (Å²) in [5, 5.41) is 3.43. The largest absolute Gasteiger partial charge is 0.488 e. The van der Waals surface area contributed by atoms with Crippen LogP contribution in [0.2, 0.25) is 0 Å². The Labute approximate surface area is 155 Å². The van der Waals surface area contributed by atoms with Crippen molar-refractivity contribution in [2.75, 3.05) is 40.4 Å². The number of fused-ring (bicyclic) bond motifs is 1. The molecule has 6 heteroatoms. The van der Waals surface area contributed by atoms with E-state index in [9.17, 15) is 0 Å². The summed E-state index contributed by atoms with van der Waals surface area (Å²) in [6.07, 6.45) is 2.28. The molecule has 0 saturated carbocycles. The van der Waals surface area contributed by atoms with Gasteiger partial charge in [0.15, 0.2) is 5.96 Å². The molecule has 1 N–H and O–H groups in total. The molecule has 0 amide bonds. The van der Waals surface area contributed by atoms with Gasteiger partial charge in [-0.1, -0.05) is 18.2 Å². The summed E-state index contributed by atoms with van der Waals surface area (Å²) in [4.78, 5) is 6.56. The topological polar surface area (TPSA) is 46.1 Å². The van der Waals surface area contributed by atoms with Gasteiger partial charge in [0, 0.05) is 39.6 Å². The Bertz CT molecular complexity index is 507. The Morgan fingerprint density at radius 3 is 2.91 bits per heavy atom. The molecule has 128 valence electrons. The number of guanidine groups is 1. The number of nitrogens with zero attached hydrogens (tertiary/aromatic N) is 2. The van der Waals surface area contributed by atoms with Crippen LogP contribution in [-0.2, 0) is 11.2 Å². The highest BCUT2D eigenvalue weighted by atomic mass is 127. The minimum Gasteiger partial charge on any atom is -0.488 e. The van der Waals surface area contributed by atoms with Crippen LogP contribution < -0.4 is 10.1 Å². The zero-order chi connectivity index (χ0) is 15.4. The van der Waals surface area contributed by atoms with Gasteiger partial charge in [-0.2, -0.15) is 0 Å². The van der Waals surface area contributed by atoms with Crippen LogP contribution >= 0.6 is 24.0 Å². The van der Waals surface area contributed by atoms with E-state index in [2.05, 4.69) is 34.4 Å². The molecule has 0 spiro atoms. The maximum absolute atomic E-state index is 5.96. The fourth-order valence-corrected chi connectivity index (χ4v) is 3.16. The lowest BCUT2D eigenvalue weighted by molar-refractivity contribution is 0.181. The molecule has 2 unspecified atom stereocenters. The van der Waals surface area contributed by atoms with E-state index < -0.39 is 0 Å². The van der Waals surface area contributed by atoms with Crippen LogP contribution in [0.25, 0.3) is 0 Å². The molecule has 1 aromatic rings. The van der Waals surface area contributed by atoms with Gasteiger partial charge in [0.25, 0.3) is 0 Å². The Morgan fingerprint density at radius 1 is 1.39 bits per heavy atom. The summed E-state index contributed by atoms with van der Waals surface area (Å²) in [6, 6.07) is 8.26. The molecule has 0 radical (unpaired) electrons. The normalized spacial score (nSPS) is 23.0. The highest BCUT2D eigenvalue weighted by Gasteiger charge is 2.23. The van der Waals surface area contributed by atoms with Gasteiger partial charge in [-0.05, 0) is 18.1 Å². The monoisotopic (exact) mass is 431 g/mol. The van der Waals surface area contributed by atoms with E-state index in [-0.39, 0.29) is 30.1 Å². The quantitative estimate of drug-likeness (QED) is 0.451. The van der Waals surface area contributed by atoms with Crippen LogP contribution in [0.15, 0.2) is 29.3 Å². The van der Waals surface area contributed by atoms with Crippen molar-refractivity contribution < 1.29 is 9.47 Å². The molecule has 0 bridgehead atoms. The number of para-hydroxylation sites is 1. The van der Waals surface area contributed by atoms with Crippen molar-refractivity contribution in [3.8, 4) is 5.75 Å². The lowest BCUT2D eigenvalue weighted by Crippen LogP contribution is -2.44. The van der Waals surface area contributed by atoms with Crippen molar-refractivity contribution in [2.45, 2.75) is 18.9 Å². The van der Waals surface area contributed by atoms with Gasteiger partial charge in [0.2, 0.25) is 0 Å². The van der Waals surface area contributed by atoms with E-state index in [0.29, 0.717) is 5.92 Å². The van der Waals surface area contributed by atoms with E-state index in [1.165, 1.54) is 5.56 Å². The van der Waals surface area contributed by atoms with Crippen molar-refractivity contribution in [1.29, 1.82) is 0 Å². The molecule has 1 saturated heterocycles. The second kappa shape index (κ2) is 8.73. The summed E-state index contributed by atoms with van der Waals surface area (Å²) in [5.74, 6) is 2.54. The van der Waals surface area contributed by atoms with Crippen LogP contribution in [0.3, 0.4) is 0 Å². The number of aliphatic imine (C=N–C) groups is 1. The summed E-state index contributed by atoms with van der Waals surface area (Å²) in [6.45, 7) is 3.50. The van der Waals surface area contributed by atoms with Crippen molar-refractivity contribution in [1.82, 2.24) is 10.2 Å². The van der Waals surface area contributed by atoms with Crippen LogP contribution in [0.1, 0.15) is 12.0 Å². The van der Waals surface area contributed by atoms with Gasteiger partial charge in [0.05, 0.1) is 13.2 Å². The highest BCUT2D eigenvalue weighted by molar-refractivity contribution is 14.0. The fourth-order valence-electron chi connectivity index (χ4n) is 3.16. The average Bonchev–Trinajstić information content (AvgIpc) is 3.16. The Kier molecular flexibility index (Phi) is 6.95. The second-order valence-electron chi connectivity index (χ2n) is 6.09. The van der Waals surface area contributed by atoms with Crippen molar-refractivity contribution in [3.63, 3.8) is 0 Å². The van der Waals surface area contributed by atoms with E-state index in [0.717, 1.165) is 50.9 Å². The Balaban J connectivity index is 0.00000192. The van der Waals surface area contributed by atoms with Gasteiger partial charge >= 0.3 is 0 Å². The Morgan fingerprint density at radius 2 is 2.22 bits per heavy atom. The second-order valence-corrected chi connectivity index (χ2v) is 6.09. The van der Waals surface area contributed by atoms with Crippen LogP contribution in [0, 0.1) is 5.92 Å². The summed E-state index contributed by atoms with van der Waals surface area (Å²) in [7, 11) is 3.91. The molecule has 1 aromatic carbocycles. The molecule has 2 atom stereocenters. The SMILES string of the molecule is CN=C(NCC1Cc2ccccc2O1)N(C)CC1CCOC1.I. The molecule has 5 nitrogen and oxygen atoms in total. The van der Waals surface area contributed by atoms with E-state index in [1.54, 1.807) is 0 Å². The first-order valence-electron chi connectivity index (χ1n) is 8.00. The van der Waals surface area contributed by atoms with Gasteiger partial charge in [-0.3, -0.25) is 4.99 Å². The molecule has 2 aliphatic heterocycles. The van der Waals surface area contributed by atoms with Crippen LogP contribution in [0.4, 0.5) is 0 Å². The molecule has 0 aromatic heterocycles. The smallest absolute Gasteiger partial charge is 0.193 e. The molecule has 2 heterocycles. The summed E-state index contributed by atoms with van der Waals surface area (Å²) < 4.78 is 11.4. The number of rotatable bonds is 4. The minimum absolute atomic E-state index is 0. The fraction of sp³-hybridized carbons (Fsp3) is 0.588. The molecular formula is C17H26IN3O2. The standard InChI is InChI=1S/C17H25N3O2.HI/c1-18-17(20(2)11-13-7-8-21-12-13)19-10-15-9-14-5-3-4-6-16(14)22-15;/h3-6,13,15H,7-12H2,1-2H3,(H,18,19);1H. The Hall–Kier alpha value is -1.02. The van der Waals surface area contributed by atoms with Crippen LogP contribution in [0.5, 0.6) is 5.75 Å². The first-order chi connectivity index (χ1) is 10.8. The van der Waals surface area contributed by atoms with Crippen LogP contribution in [-0.4, -0.2) is 57.4 Å². The van der Waals surface area contributed by atoms with Crippen molar-refractivity contribution in [2.24, 2.45) is 10.9 Å². The lowest BCUT2D eigenvalue weighted by Gasteiger charge is -2.25. The number of hydrogen-bond donors (Lipinski definition) is 1. The van der Waals surface area contributed by atoms with Gasteiger partial charge < -0.3 is 19.7 Å². The molecule has 23 heavy (non-hydrogen) atoms. The molecule has 2 aliphatic rings. The van der Waals surface area contributed by atoms with Crippen molar-refractivity contribution in [3.05, 3.63) is 29.8 Å². The van der Waals surface area contributed by atoms with Crippen molar-refractivity contribution >= 4 is 29.9 Å². The molecule has 1 fully saturated rings. The highest BCUT2D eigenvalue weighted by Crippen LogP contribution is 2.27.